The van der Waals surface area contributed by atoms with Crippen LogP contribution >= 0.6 is 34.9 Å². The molecule has 0 bridgehead atoms. The van der Waals surface area contributed by atoms with Crippen molar-refractivity contribution in [2.45, 2.75) is 25.3 Å². The SMILES string of the molecule is CCCc1nc(-c2nc(-c3ccc(NSC(F)(F)F)cc3Cl)cs2)no1. The zero-order valence-corrected chi connectivity index (χ0v) is 15.7. The Morgan fingerprint density at radius 3 is 2.81 bits per heavy atom. The normalized spacial score (nSPS) is 11.7. The van der Waals surface area contributed by atoms with Crippen LogP contribution in [0.4, 0.5) is 18.9 Å². The van der Waals surface area contributed by atoms with E-state index < -0.39 is 5.51 Å². The zero-order valence-electron chi connectivity index (χ0n) is 13.3. The third-order valence-electron chi connectivity index (χ3n) is 3.16. The second-order valence-corrected chi connectivity index (χ2v) is 7.28. The first-order valence-electron chi connectivity index (χ1n) is 7.45. The summed E-state index contributed by atoms with van der Waals surface area (Å²) in [6.45, 7) is 2.01. The van der Waals surface area contributed by atoms with Crippen molar-refractivity contribution in [2.75, 3.05) is 4.72 Å². The number of hydrogen-bond acceptors (Lipinski definition) is 7. The molecule has 0 aliphatic rings. The highest BCUT2D eigenvalue weighted by atomic mass is 35.5. The van der Waals surface area contributed by atoms with Crippen molar-refractivity contribution in [3.8, 4) is 22.1 Å². The van der Waals surface area contributed by atoms with Crippen LogP contribution in [0.5, 0.6) is 0 Å². The lowest BCUT2D eigenvalue weighted by atomic mass is 10.1. The molecular formula is C15H12ClF3N4OS2. The number of hydrogen-bond donors (Lipinski definition) is 1. The molecule has 2 aromatic heterocycles. The second kappa shape index (κ2) is 7.85. The van der Waals surface area contributed by atoms with Crippen LogP contribution in [-0.2, 0) is 6.42 Å². The van der Waals surface area contributed by atoms with Gasteiger partial charge in [0.25, 0.3) is 0 Å². The number of nitrogens with zero attached hydrogens (tertiary/aromatic N) is 3. The summed E-state index contributed by atoms with van der Waals surface area (Å²) in [5, 5.41) is 6.55. The Hall–Kier alpha value is -1.78. The standard InChI is InChI=1S/C15H12ClF3N4OS2/c1-2-3-12-21-13(22-24-12)14-20-11(7-25-14)9-5-4-8(6-10(9)16)23-26-15(17,18)19/h4-7,23H,2-3H2,1H3. The highest BCUT2D eigenvalue weighted by molar-refractivity contribution is 8.01. The maximum atomic E-state index is 12.2. The average molecular weight is 421 g/mol. The fraction of sp³-hybridized carbons (Fsp3) is 0.267. The number of rotatable bonds is 6. The number of benzene rings is 1. The quantitative estimate of drug-likeness (QED) is 0.490. The van der Waals surface area contributed by atoms with Gasteiger partial charge in [-0.15, -0.1) is 11.3 Å². The van der Waals surface area contributed by atoms with Crippen molar-refractivity contribution in [3.05, 3.63) is 34.5 Å². The van der Waals surface area contributed by atoms with Gasteiger partial charge in [-0.2, -0.15) is 18.2 Å². The molecule has 5 nitrogen and oxygen atoms in total. The smallest absolute Gasteiger partial charge is 0.339 e. The molecule has 0 saturated carbocycles. The van der Waals surface area contributed by atoms with Crippen LogP contribution in [0.2, 0.25) is 5.02 Å². The first kappa shape index (κ1) is 19.0. The van der Waals surface area contributed by atoms with Gasteiger partial charge in [0, 0.05) is 23.1 Å². The number of aryl methyl sites for hydroxylation is 1. The van der Waals surface area contributed by atoms with E-state index in [2.05, 4.69) is 19.8 Å². The van der Waals surface area contributed by atoms with Crippen LogP contribution in [0.25, 0.3) is 22.1 Å². The van der Waals surface area contributed by atoms with E-state index in [-0.39, 0.29) is 22.7 Å². The van der Waals surface area contributed by atoms with Crippen LogP contribution in [0, 0.1) is 0 Å². The first-order chi connectivity index (χ1) is 12.4. The molecule has 0 aliphatic heterocycles. The largest absolute Gasteiger partial charge is 0.461 e. The third-order valence-corrected chi connectivity index (χ3v) is 4.88. The lowest BCUT2D eigenvalue weighted by Crippen LogP contribution is -2.04. The summed E-state index contributed by atoms with van der Waals surface area (Å²) in [4.78, 5) is 8.72. The molecule has 1 aromatic carbocycles. The van der Waals surface area contributed by atoms with E-state index in [1.165, 1.54) is 23.5 Å². The summed E-state index contributed by atoms with van der Waals surface area (Å²) in [7, 11) is 0. The van der Waals surface area contributed by atoms with Gasteiger partial charge < -0.3 is 9.25 Å². The van der Waals surface area contributed by atoms with Gasteiger partial charge in [-0.25, -0.2) is 4.98 Å². The van der Waals surface area contributed by atoms with Crippen molar-refractivity contribution in [2.24, 2.45) is 0 Å². The maximum Gasteiger partial charge on any atom is 0.461 e. The molecule has 26 heavy (non-hydrogen) atoms. The highest BCUT2D eigenvalue weighted by Crippen LogP contribution is 2.36. The Kier molecular flexibility index (Phi) is 5.73. The summed E-state index contributed by atoms with van der Waals surface area (Å²) in [5.74, 6) is 0.954. The maximum absolute atomic E-state index is 12.2. The summed E-state index contributed by atoms with van der Waals surface area (Å²) < 4.78 is 44.1. The van der Waals surface area contributed by atoms with Gasteiger partial charge in [-0.05, 0) is 24.6 Å². The monoisotopic (exact) mass is 420 g/mol. The Morgan fingerprint density at radius 2 is 2.12 bits per heavy atom. The fourth-order valence-corrected chi connectivity index (χ4v) is 3.44. The van der Waals surface area contributed by atoms with Crippen molar-refractivity contribution in [1.29, 1.82) is 0 Å². The van der Waals surface area contributed by atoms with Crippen LogP contribution < -0.4 is 4.72 Å². The number of alkyl halides is 3. The van der Waals surface area contributed by atoms with Gasteiger partial charge in [-0.1, -0.05) is 23.7 Å². The van der Waals surface area contributed by atoms with E-state index in [0.29, 0.717) is 34.4 Å². The fourth-order valence-electron chi connectivity index (χ4n) is 2.06. The second-order valence-electron chi connectivity index (χ2n) is 5.14. The minimum absolute atomic E-state index is 0.249. The average Bonchev–Trinajstić information content (AvgIpc) is 3.22. The predicted octanol–water partition coefficient (Wildman–Crippen LogP) is 6.05. The molecule has 0 radical (unpaired) electrons. The van der Waals surface area contributed by atoms with E-state index in [9.17, 15) is 13.2 Å². The van der Waals surface area contributed by atoms with Gasteiger partial charge in [0.2, 0.25) is 11.7 Å². The van der Waals surface area contributed by atoms with Crippen molar-refractivity contribution < 1.29 is 17.7 Å². The molecule has 0 saturated heterocycles. The van der Waals surface area contributed by atoms with Crippen molar-refractivity contribution in [1.82, 2.24) is 15.1 Å². The van der Waals surface area contributed by atoms with Crippen LogP contribution in [-0.4, -0.2) is 20.6 Å². The molecule has 0 unspecified atom stereocenters. The third kappa shape index (κ3) is 4.68. The summed E-state index contributed by atoms with van der Waals surface area (Å²) in [5.41, 5.74) is -2.93. The van der Waals surface area contributed by atoms with Gasteiger partial charge >= 0.3 is 5.51 Å². The number of halogens is 4. The van der Waals surface area contributed by atoms with Crippen LogP contribution in [0.1, 0.15) is 19.2 Å². The number of aromatic nitrogens is 3. The van der Waals surface area contributed by atoms with E-state index in [0.717, 1.165) is 6.42 Å². The Balaban J connectivity index is 1.78. The number of thiazole rings is 1. The Bertz CT molecular complexity index is 897. The molecule has 3 aromatic rings. The number of anilines is 1. The molecule has 0 atom stereocenters. The molecule has 138 valence electrons. The zero-order chi connectivity index (χ0) is 18.7. The van der Waals surface area contributed by atoms with Crippen molar-refractivity contribution in [3.63, 3.8) is 0 Å². The van der Waals surface area contributed by atoms with Crippen LogP contribution in [0.15, 0.2) is 28.1 Å². The van der Waals surface area contributed by atoms with Crippen LogP contribution in [0.3, 0.4) is 0 Å². The van der Waals surface area contributed by atoms with E-state index in [1.54, 1.807) is 11.4 Å². The molecule has 0 spiro atoms. The molecule has 0 amide bonds. The van der Waals surface area contributed by atoms with Gasteiger partial charge in [0.1, 0.15) is 0 Å². The molecular weight excluding hydrogens is 409 g/mol. The number of nitrogens with one attached hydrogen (secondary N) is 1. The summed E-state index contributed by atoms with van der Waals surface area (Å²) >= 11 is 7.19. The van der Waals surface area contributed by atoms with Gasteiger partial charge in [0.05, 0.1) is 22.7 Å². The van der Waals surface area contributed by atoms with Gasteiger partial charge in [-0.3, -0.25) is 0 Å². The van der Waals surface area contributed by atoms with E-state index in [4.69, 9.17) is 16.1 Å². The predicted molar refractivity (Wildman–Crippen MR) is 97.1 cm³/mol. The molecule has 2 heterocycles. The lowest BCUT2D eigenvalue weighted by molar-refractivity contribution is -0.0323. The lowest BCUT2D eigenvalue weighted by Gasteiger charge is -2.09. The van der Waals surface area contributed by atoms with Gasteiger partial charge in [0.15, 0.2) is 5.01 Å². The molecule has 0 aliphatic carbocycles. The topological polar surface area (TPSA) is 63.8 Å². The first-order valence-corrected chi connectivity index (χ1v) is 9.52. The van der Waals surface area contributed by atoms with E-state index in [1.807, 2.05) is 6.92 Å². The van der Waals surface area contributed by atoms with Crippen molar-refractivity contribution >= 4 is 40.6 Å². The highest BCUT2D eigenvalue weighted by Gasteiger charge is 2.29. The minimum atomic E-state index is -4.38. The molecule has 3 rings (SSSR count). The summed E-state index contributed by atoms with van der Waals surface area (Å²) in [6, 6.07) is 4.54. The molecule has 0 fully saturated rings. The minimum Gasteiger partial charge on any atom is -0.339 e. The molecule has 1 N–H and O–H groups in total. The Morgan fingerprint density at radius 1 is 1.31 bits per heavy atom. The summed E-state index contributed by atoms with van der Waals surface area (Å²) in [6.07, 6.45) is 1.59. The molecule has 11 heteroatoms. The Labute approximate surface area is 160 Å². The van der Waals surface area contributed by atoms with E-state index >= 15 is 0 Å².